The van der Waals surface area contributed by atoms with E-state index in [4.69, 9.17) is 5.26 Å². The standard InChI is InChI=1S/C20H19N5O/c1-12-8-18(16-5-3-4-14(9-16)10-21)24-19-17(11-22-25(12)19)20(26)23-13(2)15-6-7-15/h3-5,8-9,11,13,15H,6-7H2,1-2H3,(H,23,26). The van der Waals surface area contributed by atoms with Crippen molar-refractivity contribution in [2.24, 2.45) is 5.92 Å². The minimum Gasteiger partial charge on any atom is -0.349 e. The van der Waals surface area contributed by atoms with Crippen molar-refractivity contribution in [2.45, 2.75) is 32.7 Å². The molecule has 1 amide bonds. The molecule has 1 saturated carbocycles. The molecule has 2 aromatic heterocycles. The molecular formula is C20H19N5O. The van der Waals surface area contributed by atoms with E-state index >= 15 is 0 Å². The summed E-state index contributed by atoms with van der Waals surface area (Å²) in [7, 11) is 0. The molecule has 1 aromatic carbocycles. The number of benzene rings is 1. The molecule has 3 aromatic rings. The summed E-state index contributed by atoms with van der Waals surface area (Å²) in [6.07, 6.45) is 3.92. The average Bonchev–Trinajstić information content (AvgIpc) is 3.41. The van der Waals surface area contributed by atoms with Crippen LogP contribution < -0.4 is 5.32 Å². The highest BCUT2D eigenvalue weighted by Crippen LogP contribution is 2.32. The summed E-state index contributed by atoms with van der Waals surface area (Å²) in [6.45, 7) is 3.96. The Bertz CT molecular complexity index is 1040. The maximum Gasteiger partial charge on any atom is 0.256 e. The van der Waals surface area contributed by atoms with Crippen molar-refractivity contribution in [1.82, 2.24) is 19.9 Å². The largest absolute Gasteiger partial charge is 0.349 e. The number of hydrogen-bond acceptors (Lipinski definition) is 4. The van der Waals surface area contributed by atoms with E-state index in [1.807, 2.05) is 32.0 Å². The average molecular weight is 345 g/mol. The van der Waals surface area contributed by atoms with Gasteiger partial charge in [0.25, 0.3) is 5.91 Å². The fourth-order valence-corrected chi connectivity index (χ4v) is 3.17. The van der Waals surface area contributed by atoms with Crippen molar-refractivity contribution in [2.75, 3.05) is 0 Å². The molecule has 1 unspecified atom stereocenters. The van der Waals surface area contributed by atoms with Gasteiger partial charge in [0, 0.05) is 17.3 Å². The van der Waals surface area contributed by atoms with Crippen LogP contribution in [-0.2, 0) is 0 Å². The molecule has 2 heterocycles. The third-order valence-corrected chi connectivity index (χ3v) is 4.87. The summed E-state index contributed by atoms with van der Waals surface area (Å²) >= 11 is 0. The van der Waals surface area contributed by atoms with Gasteiger partial charge in [-0.1, -0.05) is 12.1 Å². The van der Waals surface area contributed by atoms with Crippen LogP contribution in [0.25, 0.3) is 16.9 Å². The molecule has 1 aliphatic rings. The van der Waals surface area contributed by atoms with E-state index in [-0.39, 0.29) is 11.9 Å². The van der Waals surface area contributed by atoms with Crippen molar-refractivity contribution in [3.63, 3.8) is 0 Å². The van der Waals surface area contributed by atoms with Crippen LogP contribution in [0.15, 0.2) is 36.5 Å². The Morgan fingerprint density at radius 1 is 1.38 bits per heavy atom. The number of nitrogens with zero attached hydrogens (tertiary/aromatic N) is 4. The number of nitrogens with one attached hydrogen (secondary N) is 1. The van der Waals surface area contributed by atoms with Crippen molar-refractivity contribution in [1.29, 1.82) is 5.26 Å². The lowest BCUT2D eigenvalue weighted by Crippen LogP contribution is -2.34. The van der Waals surface area contributed by atoms with Crippen LogP contribution >= 0.6 is 0 Å². The molecule has 0 saturated heterocycles. The Kier molecular flexibility index (Phi) is 3.92. The normalized spacial score (nSPS) is 14.8. The van der Waals surface area contributed by atoms with E-state index in [0.29, 0.717) is 22.7 Å². The van der Waals surface area contributed by atoms with E-state index in [9.17, 15) is 4.79 Å². The van der Waals surface area contributed by atoms with Crippen molar-refractivity contribution >= 4 is 11.6 Å². The Balaban J connectivity index is 1.75. The molecule has 6 nitrogen and oxygen atoms in total. The van der Waals surface area contributed by atoms with Gasteiger partial charge < -0.3 is 5.32 Å². The third kappa shape index (κ3) is 2.93. The number of carbonyl (C=O) groups is 1. The number of nitriles is 1. The Morgan fingerprint density at radius 3 is 2.92 bits per heavy atom. The van der Waals surface area contributed by atoms with E-state index in [0.717, 1.165) is 17.0 Å². The van der Waals surface area contributed by atoms with Gasteiger partial charge in [-0.25, -0.2) is 9.50 Å². The first-order valence-electron chi connectivity index (χ1n) is 8.73. The number of hydrogen-bond donors (Lipinski definition) is 1. The van der Waals surface area contributed by atoms with Gasteiger partial charge in [0.1, 0.15) is 5.56 Å². The fraction of sp³-hybridized carbons (Fsp3) is 0.300. The van der Waals surface area contributed by atoms with Crippen molar-refractivity contribution in [3.05, 3.63) is 53.3 Å². The molecule has 0 bridgehead atoms. The zero-order valence-electron chi connectivity index (χ0n) is 14.7. The zero-order chi connectivity index (χ0) is 18.3. The molecule has 4 rings (SSSR count). The van der Waals surface area contributed by atoms with Crippen LogP contribution in [0.5, 0.6) is 0 Å². The summed E-state index contributed by atoms with van der Waals surface area (Å²) < 4.78 is 1.67. The molecule has 1 aliphatic carbocycles. The maximum absolute atomic E-state index is 12.7. The summed E-state index contributed by atoms with van der Waals surface area (Å²) in [6, 6.07) is 11.5. The molecule has 0 spiro atoms. The molecule has 0 aliphatic heterocycles. The highest BCUT2D eigenvalue weighted by atomic mass is 16.1. The van der Waals surface area contributed by atoms with Crippen molar-refractivity contribution in [3.8, 4) is 17.3 Å². The molecular weight excluding hydrogens is 326 g/mol. The quantitative estimate of drug-likeness (QED) is 0.787. The number of carbonyl (C=O) groups excluding carboxylic acids is 1. The SMILES string of the molecule is Cc1cc(-c2cccc(C#N)c2)nc2c(C(=O)NC(C)C3CC3)cnn12. The summed E-state index contributed by atoms with van der Waals surface area (Å²) in [5.74, 6) is 0.439. The Morgan fingerprint density at radius 2 is 2.19 bits per heavy atom. The van der Waals surface area contributed by atoms with Gasteiger partial charge in [0.15, 0.2) is 5.65 Å². The predicted octanol–water partition coefficient (Wildman–Crippen LogP) is 3.10. The number of rotatable bonds is 4. The highest BCUT2D eigenvalue weighted by molar-refractivity contribution is 6.00. The number of aryl methyl sites for hydroxylation is 1. The van der Waals surface area contributed by atoms with E-state index < -0.39 is 0 Å². The molecule has 0 radical (unpaired) electrons. The monoisotopic (exact) mass is 345 g/mol. The molecule has 1 N–H and O–H groups in total. The van der Waals surface area contributed by atoms with E-state index in [1.165, 1.54) is 12.8 Å². The maximum atomic E-state index is 12.7. The number of aromatic nitrogens is 3. The molecule has 1 fully saturated rings. The minimum atomic E-state index is -0.144. The third-order valence-electron chi connectivity index (χ3n) is 4.87. The predicted molar refractivity (Wildman–Crippen MR) is 97.5 cm³/mol. The van der Waals surface area contributed by atoms with Crippen LogP contribution in [-0.4, -0.2) is 26.5 Å². The van der Waals surface area contributed by atoms with Gasteiger partial charge in [0.05, 0.1) is 23.5 Å². The first-order valence-corrected chi connectivity index (χ1v) is 8.73. The van der Waals surface area contributed by atoms with Gasteiger partial charge in [-0.2, -0.15) is 10.4 Å². The smallest absolute Gasteiger partial charge is 0.256 e. The summed E-state index contributed by atoms with van der Waals surface area (Å²) in [4.78, 5) is 17.3. The lowest BCUT2D eigenvalue weighted by molar-refractivity contribution is 0.0937. The van der Waals surface area contributed by atoms with Crippen molar-refractivity contribution < 1.29 is 4.79 Å². The molecule has 130 valence electrons. The number of fused-ring (bicyclic) bond motifs is 1. The van der Waals surface area contributed by atoms with Gasteiger partial charge in [-0.15, -0.1) is 0 Å². The summed E-state index contributed by atoms with van der Waals surface area (Å²) in [5.41, 5.74) is 4.01. The first-order chi connectivity index (χ1) is 12.6. The van der Waals surface area contributed by atoms with E-state index in [2.05, 4.69) is 21.5 Å². The van der Waals surface area contributed by atoms with Gasteiger partial charge in [0.2, 0.25) is 0 Å². The molecule has 1 atom stereocenters. The molecule has 26 heavy (non-hydrogen) atoms. The van der Waals surface area contributed by atoms with Crippen LogP contribution in [0.2, 0.25) is 0 Å². The number of amides is 1. The van der Waals surface area contributed by atoms with Gasteiger partial charge in [-0.3, -0.25) is 4.79 Å². The van der Waals surface area contributed by atoms with Gasteiger partial charge >= 0.3 is 0 Å². The Hall–Kier alpha value is -3.20. The second-order valence-electron chi connectivity index (χ2n) is 6.87. The second-order valence-corrected chi connectivity index (χ2v) is 6.87. The Labute approximate surface area is 151 Å². The van der Waals surface area contributed by atoms with Crippen LogP contribution in [0, 0.1) is 24.2 Å². The highest BCUT2D eigenvalue weighted by Gasteiger charge is 2.29. The lowest BCUT2D eigenvalue weighted by atomic mass is 10.1. The van der Waals surface area contributed by atoms with Crippen LogP contribution in [0.3, 0.4) is 0 Å². The molecule has 6 heteroatoms. The van der Waals surface area contributed by atoms with Gasteiger partial charge in [-0.05, 0) is 50.8 Å². The van der Waals surface area contributed by atoms with Crippen LogP contribution in [0.4, 0.5) is 0 Å². The zero-order valence-corrected chi connectivity index (χ0v) is 14.7. The second kappa shape index (κ2) is 6.26. The van der Waals surface area contributed by atoms with E-state index in [1.54, 1.807) is 22.8 Å². The lowest BCUT2D eigenvalue weighted by Gasteiger charge is -2.12. The topological polar surface area (TPSA) is 83.1 Å². The first kappa shape index (κ1) is 16.3. The summed E-state index contributed by atoms with van der Waals surface area (Å²) in [5, 5.41) is 16.5. The minimum absolute atomic E-state index is 0.144. The van der Waals surface area contributed by atoms with Crippen LogP contribution in [0.1, 0.15) is 41.4 Å². The fourth-order valence-electron chi connectivity index (χ4n) is 3.17.